The van der Waals surface area contributed by atoms with E-state index in [2.05, 4.69) is 33.7 Å². The zero-order valence-electron chi connectivity index (χ0n) is 16.8. The lowest BCUT2D eigenvalue weighted by atomic mass is 9.89. The maximum atomic E-state index is 14.0. The smallest absolute Gasteiger partial charge is 0.230 e. The van der Waals surface area contributed by atoms with Crippen molar-refractivity contribution >= 4 is 17.7 Å². The molecule has 2 aromatic carbocycles. The molecule has 4 rings (SSSR count). The molecule has 1 heterocycles. The van der Waals surface area contributed by atoms with E-state index in [0.717, 1.165) is 18.4 Å². The van der Waals surface area contributed by atoms with Crippen molar-refractivity contribution in [3.8, 4) is 11.4 Å². The summed E-state index contributed by atoms with van der Waals surface area (Å²) < 4.78 is 15.2. The summed E-state index contributed by atoms with van der Waals surface area (Å²) in [6, 6.07) is 12.6. The van der Waals surface area contributed by atoms with E-state index >= 15 is 0 Å². The molecule has 0 bridgehead atoms. The lowest BCUT2D eigenvalue weighted by Gasteiger charge is -2.20. The van der Waals surface area contributed by atoms with E-state index in [1.165, 1.54) is 46.5 Å². The molecule has 1 amide bonds. The summed E-state index contributed by atoms with van der Waals surface area (Å²) in [4.78, 5) is 12.4. The zero-order valence-corrected chi connectivity index (χ0v) is 17.6. The molecule has 0 saturated carbocycles. The van der Waals surface area contributed by atoms with Gasteiger partial charge in [-0.2, -0.15) is 0 Å². The Hall–Kier alpha value is -2.87. The number of thioether (sulfide) groups is 1. The summed E-state index contributed by atoms with van der Waals surface area (Å²) in [5.74, 6) is 5.83. The van der Waals surface area contributed by atoms with Crippen LogP contribution in [0, 0.1) is 5.82 Å². The number of aromatic nitrogens is 3. The Morgan fingerprint density at radius 2 is 1.97 bits per heavy atom. The minimum atomic E-state index is -0.426. The van der Waals surface area contributed by atoms with E-state index in [4.69, 9.17) is 5.84 Å². The molecule has 0 aliphatic heterocycles. The minimum absolute atomic E-state index is 0.0879. The predicted octanol–water partition coefficient (Wildman–Crippen LogP) is 3.65. The summed E-state index contributed by atoms with van der Waals surface area (Å²) in [5.41, 5.74) is 4.20. The number of carbonyl (C=O) groups excluding carboxylic acids is 1. The number of rotatable bonds is 6. The number of fused-ring (bicyclic) bond motifs is 1. The Kier molecular flexibility index (Phi) is 6.03. The van der Waals surface area contributed by atoms with Gasteiger partial charge >= 0.3 is 0 Å². The average molecular weight is 426 g/mol. The molecule has 0 spiro atoms. The van der Waals surface area contributed by atoms with Crippen LogP contribution < -0.4 is 11.2 Å². The topological polar surface area (TPSA) is 85.8 Å². The molecule has 30 heavy (non-hydrogen) atoms. The van der Waals surface area contributed by atoms with Crippen molar-refractivity contribution < 1.29 is 9.18 Å². The van der Waals surface area contributed by atoms with E-state index in [9.17, 15) is 9.18 Å². The van der Waals surface area contributed by atoms with E-state index in [1.54, 1.807) is 18.2 Å². The van der Waals surface area contributed by atoms with Crippen molar-refractivity contribution in [2.75, 3.05) is 11.6 Å². The molecule has 0 radical (unpaired) electrons. The number of aryl methyl sites for hydroxylation is 2. The number of benzene rings is 2. The van der Waals surface area contributed by atoms with Gasteiger partial charge in [0.25, 0.3) is 0 Å². The summed E-state index contributed by atoms with van der Waals surface area (Å²) >= 11 is 1.17. The summed E-state index contributed by atoms with van der Waals surface area (Å²) in [7, 11) is 0. The number of nitrogens with zero attached hydrogens (tertiary/aromatic N) is 3. The molecule has 1 atom stereocenters. The number of carbonyl (C=O) groups is 1. The summed E-state index contributed by atoms with van der Waals surface area (Å²) in [6.45, 7) is 1.98. The molecule has 6 nitrogen and oxygen atoms in total. The van der Waals surface area contributed by atoms with Gasteiger partial charge in [0.15, 0.2) is 5.82 Å². The number of hydrogen-bond acceptors (Lipinski definition) is 5. The van der Waals surface area contributed by atoms with E-state index < -0.39 is 5.82 Å². The third-order valence-corrected chi connectivity index (χ3v) is 6.30. The maximum Gasteiger partial charge on any atom is 0.230 e. The molecule has 156 valence electrons. The van der Waals surface area contributed by atoms with Gasteiger partial charge in [-0.25, -0.2) is 9.07 Å². The number of halogens is 1. The molecule has 0 saturated heterocycles. The van der Waals surface area contributed by atoms with Gasteiger partial charge in [-0.1, -0.05) is 42.1 Å². The largest absolute Gasteiger partial charge is 0.349 e. The Morgan fingerprint density at radius 1 is 1.20 bits per heavy atom. The Labute approximate surface area is 179 Å². The van der Waals surface area contributed by atoms with Crippen LogP contribution in [-0.4, -0.2) is 26.5 Å². The highest BCUT2D eigenvalue weighted by atomic mass is 32.2. The van der Waals surface area contributed by atoms with Crippen LogP contribution in [0.3, 0.4) is 0 Å². The van der Waals surface area contributed by atoms with Crippen molar-refractivity contribution in [3.05, 3.63) is 65.0 Å². The predicted molar refractivity (Wildman–Crippen MR) is 116 cm³/mol. The fourth-order valence-corrected chi connectivity index (χ4v) is 4.39. The minimum Gasteiger partial charge on any atom is -0.349 e. The van der Waals surface area contributed by atoms with Crippen LogP contribution in [0.15, 0.2) is 47.6 Å². The van der Waals surface area contributed by atoms with Gasteiger partial charge in [0, 0.05) is 0 Å². The van der Waals surface area contributed by atoms with Gasteiger partial charge in [-0.15, -0.1) is 10.2 Å². The number of nitrogens with two attached hydrogens (primary N) is 1. The van der Waals surface area contributed by atoms with Crippen LogP contribution in [0.2, 0.25) is 0 Å². The second kappa shape index (κ2) is 8.87. The molecule has 8 heteroatoms. The molecule has 3 aromatic rings. The number of amides is 1. The summed E-state index contributed by atoms with van der Waals surface area (Å²) in [6.07, 6.45) is 4.72. The number of nitrogens with one attached hydrogen (secondary N) is 1. The molecule has 0 unspecified atom stereocenters. The molecule has 0 fully saturated rings. The van der Waals surface area contributed by atoms with E-state index in [1.807, 2.05) is 6.92 Å². The Bertz CT molecular complexity index is 1070. The van der Waals surface area contributed by atoms with Crippen LogP contribution in [0.4, 0.5) is 4.39 Å². The molecular formula is C22H24FN5OS. The third kappa shape index (κ3) is 4.33. The fourth-order valence-electron chi connectivity index (χ4n) is 3.72. The second-order valence-corrected chi connectivity index (χ2v) is 8.41. The standard InChI is InChI=1S/C22H24FN5OS/c1-14(16-11-10-15-6-2-3-7-17(15)12-16)25-20(29)13-30-22-27-26-21(28(22)24)18-8-4-5-9-19(18)23/h4-5,8-12,14H,2-3,6-7,13,24H2,1H3,(H,25,29)/t14-/m1/s1. The van der Waals surface area contributed by atoms with Crippen molar-refractivity contribution in [2.45, 2.75) is 43.8 Å². The van der Waals surface area contributed by atoms with Gasteiger partial charge in [-0.3, -0.25) is 4.79 Å². The van der Waals surface area contributed by atoms with Crippen molar-refractivity contribution in [1.82, 2.24) is 20.2 Å². The van der Waals surface area contributed by atoms with Gasteiger partial charge in [0.05, 0.1) is 17.4 Å². The fraction of sp³-hybridized carbons (Fsp3) is 0.318. The maximum absolute atomic E-state index is 14.0. The van der Waals surface area contributed by atoms with Gasteiger partial charge in [-0.05, 0) is 61.4 Å². The van der Waals surface area contributed by atoms with Crippen LogP contribution in [0.25, 0.3) is 11.4 Å². The lowest BCUT2D eigenvalue weighted by Crippen LogP contribution is -2.28. The Balaban J connectivity index is 1.37. The van der Waals surface area contributed by atoms with Crippen LogP contribution in [0.1, 0.15) is 42.5 Å². The normalized spacial score (nSPS) is 14.2. The number of nitrogen functional groups attached to an aromatic ring is 1. The van der Waals surface area contributed by atoms with E-state index in [0.29, 0.717) is 5.16 Å². The highest BCUT2D eigenvalue weighted by molar-refractivity contribution is 7.99. The Morgan fingerprint density at radius 3 is 2.77 bits per heavy atom. The molecular weight excluding hydrogens is 401 g/mol. The summed E-state index contributed by atoms with van der Waals surface area (Å²) in [5, 5.41) is 11.3. The molecule has 1 aliphatic carbocycles. The molecule has 1 aromatic heterocycles. The molecule has 3 N–H and O–H groups in total. The lowest BCUT2D eigenvalue weighted by molar-refractivity contribution is -0.119. The highest BCUT2D eigenvalue weighted by Crippen LogP contribution is 2.26. The number of hydrogen-bond donors (Lipinski definition) is 2. The van der Waals surface area contributed by atoms with Crippen molar-refractivity contribution in [3.63, 3.8) is 0 Å². The van der Waals surface area contributed by atoms with Crippen LogP contribution >= 0.6 is 11.8 Å². The van der Waals surface area contributed by atoms with Crippen LogP contribution in [0.5, 0.6) is 0 Å². The van der Waals surface area contributed by atoms with Crippen molar-refractivity contribution in [2.24, 2.45) is 0 Å². The monoisotopic (exact) mass is 425 g/mol. The van der Waals surface area contributed by atoms with Gasteiger partial charge < -0.3 is 11.2 Å². The van der Waals surface area contributed by atoms with Gasteiger partial charge in [0.2, 0.25) is 11.1 Å². The first kappa shape index (κ1) is 20.4. The average Bonchev–Trinajstić information content (AvgIpc) is 3.12. The first-order chi connectivity index (χ1) is 14.5. The van der Waals surface area contributed by atoms with Crippen LogP contribution in [-0.2, 0) is 17.6 Å². The van der Waals surface area contributed by atoms with Crippen molar-refractivity contribution in [1.29, 1.82) is 0 Å². The first-order valence-electron chi connectivity index (χ1n) is 10.0. The van der Waals surface area contributed by atoms with Gasteiger partial charge in [0.1, 0.15) is 5.82 Å². The van der Waals surface area contributed by atoms with E-state index in [-0.39, 0.29) is 29.1 Å². The highest BCUT2D eigenvalue weighted by Gasteiger charge is 2.18. The SMILES string of the molecule is C[C@@H](NC(=O)CSc1nnc(-c2ccccc2F)n1N)c1ccc2c(c1)CCCC2. The second-order valence-electron chi connectivity index (χ2n) is 7.47. The first-order valence-corrected chi connectivity index (χ1v) is 11.0. The third-order valence-electron chi connectivity index (χ3n) is 5.36. The molecule has 1 aliphatic rings. The quantitative estimate of drug-likeness (QED) is 0.465. The zero-order chi connectivity index (χ0) is 21.1.